The Morgan fingerprint density at radius 2 is 1.89 bits per heavy atom. The number of hydrogen-bond acceptors (Lipinski definition) is 11. The minimum absolute atomic E-state index is 0.0603. The second kappa shape index (κ2) is 14.2. The van der Waals surface area contributed by atoms with E-state index < -0.39 is 20.5 Å². The van der Waals surface area contributed by atoms with Crippen LogP contribution in [0.4, 0.5) is 0 Å². The Morgan fingerprint density at radius 1 is 1.16 bits per heavy atom. The van der Waals surface area contributed by atoms with Crippen LogP contribution >= 0.6 is 20.8 Å². The summed E-state index contributed by atoms with van der Waals surface area (Å²) in [5.41, 5.74) is 8.87. The van der Waals surface area contributed by atoms with Crippen LogP contribution in [0.25, 0.3) is 11.0 Å². The molecular weight excluding hydrogens is 519 g/mol. The number of ketones is 1. The van der Waals surface area contributed by atoms with Crippen molar-refractivity contribution in [3.05, 3.63) is 59.7 Å². The van der Waals surface area contributed by atoms with Gasteiger partial charge in [-0.1, -0.05) is 12.1 Å². The van der Waals surface area contributed by atoms with Gasteiger partial charge in [-0.05, 0) is 5.56 Å². The molecule has 0 aliphatic rings. The molecule has 0 spiro atoms. The van der Waals surface area contributed by atoms with Gasteiger partial charge in [0.05, 0.1) is 0 Å². The summed E-state index contributed by atoms with van der Waals surface area (Å²) in [6, 6.07) is 8.90. The molecule has 0 fully saturated rings. The molecule has 0 aliphatic heterocycles. The van der Waals surface area contributed by atoms with E-state index in [1.807, 2.05) is 12.1 Å². The molecule has 2 aromatic heterocycles. The Morgan fingerprint density at radius 3 is 2.57 bits per heavy atom. The number of aliphatic hydroxyl groups is 1. The van der Waals surface area contributed by atoms with Gasteiger partial charge in [0.1, 0.15) is 0 Å². The van der Waals surface area contributed by atoms with Gasteiger partial charge >= 0.3 is 192 Å². The molecule has 0 saturated heterocycles. The molecule has 3 aromatic rings. The zero-order valence-electron chi connectivity index (χ0n) is 20.7. The molecule has 37 heavy (non-hydrogen) atoms. The molecule has 1 aromatic carbocycles. The van der Waals surface area contributed by atoms with Crippen LogP contribution in [0, 0.1) is 0 Å². The number of ether oxygens (including phenoxy) is 1. The fourth-order valence-electron chi connectivity index (χ4n) is 3.64. The van der Waals surface area contributed by atoms with Gasteiger partial charge in [0.2, 0.25) is 0 Å². The third-order valence-corrected chi connectivity index (χ3v) is 7.09. The van der Waals surface area contributed by atoms with Crippen molar-refractivity contribution in [2.45, 2.75) is 45.1 Å². The number of nitrogens with two attached hydrogens (primary N) is 1. The fourth-order valence-corrected chi connectivity index (χ4v) is 4.65. The number of thiol groups is 1. The molecule has 11 nitrogen and oxygen atoms in total. The van der Waals surface area contributed by atoms with Gasteiger partial charge in [0.25, 0.3) is 0 Å². The van der Waals surface area contributed by atoms with E-state index in [4.69, 9.17) is 19.5 Å². The number of nitrogens with zero attached hydrogens (tertiary/aromatic N) is 3. The van der Waals surface area contributed by atoms with E-state index in [-0.39, 0.29) is 38.4 Å². The number of carbonyl (C=O) groups excluding carboxylic acids is 1. The number of benzene rings is 1. The van der Waals surface area contributed by atoms with Gasteiger partial charge in [-0.2, -0.15) is 0 Å². The normalized spacial score (nSPS) is 14.1. The fraction of sp³-hybridized carbons (Fsp3) is 0.458. The van der Waals surface area contributed by atoms with E-state index in [1.165, 1.54) is 0 Å². The zero-order chi connectivity index (χ0) is 26.8. The Bertz CT molecular complexity index is 1150. The first-order valence-corrected chi connectivity index (χ1v) is 14.3. The van der Waals surface area contributed by atoms with Gasteiger partial charge in [0.15, 0.2) is 0 Å². The first-order chi connectivity index (χ1) is 17.8. The molecular formula is C24H35N4O7PS. The molecule has 2 heterocycles. The predicted octanol–water partition coefficient (Wildman–Crippen LogP) is 2.35. The summed E-state index contributed by atoms with van der Waals surface area (Å²) < 4.78 is 18.0. The Hall–Kier alpha value is -1.99. The zero-order valence-corrected chi connectivity index (χ0v) is 22.6. The van der Waals surface area contributed by atoms with Crippen molar-refractivity contribution in [1.82, 2.24) is 14.5 Å². The standard InChI is InChI=1S/C24H35N4O7PS/c1-17(15-29)35-23(8-11-34-36(31,32)33-10-2-12-37)28-16-27-24-20(26-9-7-21(24)28)13-22(30)19-5-3-18(14-25)4-6-19/h3-7,9,16-17,23,29,31-32,36-37H,2,8,10-15,25H2,1H3/t17?,23-/m1/s1. The molecule has 0 amide bonds. The third kappa shape index (κ3) is 8.51. The van der Waals surface area contributed by atoms with Gasteiger partial charge in [-0.25, -0.2) is 0 Å². The maximum atomic E-state index is 12.9. The van der Waals surface area contributed by atoms with Gasteiger partial charge < -0.3 is 5.73 Å². The summed E-state index contributed by atoms with van der Waals surface area (Å²) in [6.07, 6.45) is 2.84. The van der Waals surface area contributed by atoms with E-state index in [2.05, 4.69) is 22.6 Å². The van der Waals surface area contributed by atoms with E-state index in [0.717, 1.165) is 5.56 Å². The van der Waals surface area contributed by atoms with Crippen LogP contribution in [0.15, 0.2) is 42.9 Å². The van der Waals surface area contributed by atoms with E-state index in [1.54, 1.807) is 42.2 Å². The van der Waals surface area contributed by atoms with Crippen LogP contribution < -0.4 is 5.73 Å². The average Bonchev–Trinajstić information content (AvgIpc) is 3.33. The van der Waals surface area contributed by atoms with E-state index in [9.17, 15) is 19.7 Å². The van der Waals surface area contributed by atoms with Crippen molar-refractivity contribution in [2.24, 2.45) is 5.73 Å². The number of imidazole rings is 1. The van der Waals surface area contributed by atoms with Crippen LogP contribution in [0.1, 0.15) is 47.6 Å². The molecule has 5 N–H and O–H groups in total. The number of carbonyl (C=O) groups is 1. The summed E-state index contributed by atoms with van der Waals surface area (Å²) in [4.78, 5) is 41.8. The maximum absolute atomic E-state index is 12.9. The number of Topliss-reactive ketones (excluding diaryl/α,β-unsaturated/α-hetero) is 1. The molecule has 204 valence electrons. The number of hydrogen-bond donors (Lipinski definition) is 5. The van der Waals surface area contributed by atoms with E-state index in [0.29, 0.717) is 41.0 Å². The number of fused-ring (bicyclic) bond motifs is 1. The number of pyridine rings is 1. The summed E-state index contributed by atoms with van der Waals surface area (Å²) >= 11 is 4.06. The van der Waals surface area contributed by atoms with Gasteiger partial charge in [-0.3, -0.25) is 0 Å². The molecule has 3 rings (SSSR count). The second-order valence-electron chi connectivity index (χ2n) is 8.47. The van der Waals surface area contributed by atoms with Crippen LogP contribution in [0.3, 0.4) is 0 Å². The number of rotatable bonds is 16. The summed E-state index contributed by atoms with van der Waals surface area (Å²) in [5.74, 6) is 0.453. The molecule has 1 unspecified atom stereocenters. The Labute approximate surface area is 221 Å². The van der Waals surface area contributed by atoms with Gasteiger partial charge in [-0.15, -0.1) is 0 Å². The third-order valence-electron chi connectivity index (χ3n) is 5.61. The van der Waals surface area contributed by atoms with Crippen LogP contribution in [-0.4, -0.2) is 66.9 Å². The van der Waals surface area contributed by atoms with Crippen molar-refractivity contribution in [1.29, 1.82) is 0 Å². The first-order valence-electron chi connectivity index (χ1n) is 12.0. The van der Waals surface area contributed by atoms with Crippen molar-refractivity contribution in [3.8, 4) is 0 Å². The molecule has 0 aliphatic carbocycles. The van der Waals surface area contributed by atoms with Crippen molar-refractivity contribution in [3.63, 3.8) is 0 Å². The summed E-state index contributed by atoms with van der Waals surface area (Å²) in [7, 11) is -4.28. The quantitative estimate of drug-likeness (QED) is 0.0769. The Kier molecular flexibility index (Phi) is 11.4. The second-order valence-corrected chi connectivity index (χ2v) is 10.6. The monoisotopic (exact) mass is 554 g/mol. The molecule has 2 atom stereocenters. The van der Waals surface area contributed by atoms with Crippen molar-refractivity contribution >= 4 is 37.6 Å². The topological polar surface area (TPSA) is 162 Å². The van der Waals surface area contributed by atoms with Crippen molar-refractivity contribution < 1.29 is 33.5 Å². The van der Waals surface area contributed by atoms with Crippen LogP contribution in [-0.2, 0) is 26.7 Å². The number of aliphatic hydroxyl groups excluding tert-OH is 1. The average molecular weight is 555 g/mol. The SMILES string of the molecule is CC(CO)O[C@H](CCO[PH](O)(O)OCCCS)n1cnc2c(CC(=O)c3ccc(CN)cc3)nccc21. The van der Waals surface area contributed by atoms with Crippen molar-refractivity contribution in [2.75, 3.05) is 25.6 Å². The number of aromatic nitrogens is 3. The molecule has 0 radical (unpaired) electrons. The summed E-state index contributed by atoms with van der Waals surface area (Å²) in [6.45, 7) is 1.96. The predicted molar refractivity (Wildman–Crippen MR) is 144 cm³/mol. The van der Waals surface area contributed by atoms with E-state index >= 15 is 0 Å². The van der Waals surface area contributed by atoms with Gasteiger partial charge in [0, 0.05) is 6.54 Å². The molecule has 0 bridgehead atoms. The summed E-state index contributed by atoms with van der Waals surface area (Å²) in [5, 5.41) is 9.52. The molecule has 0 saturated carbocycles. The first kappa shape index (κ1) is 29.6. The van der Waals surface area contributed by atoms with Crippen LogP contribution in [0.5, 0.6) is 0 Å². The van der Waals surface area contributed by atoms with Crippen LogP contribution in [0.2, 0.25) is 0 Å². The molecule has 13 heteroatoms. The minimum atomic E-state index is -4.28. The Balaban J connectivity index is 1.77.